The van der Waals surface area contributed by atoms with Gasteiger partial charge in [0.1, 0.15) is 0 Å². The maximum atomic E-state index is 12.1. The van der Waals surface area contributed by atoms with Crippen LogP contribution in [-0.2, 0) is 11.2 Å². The van der Waals surface area contributed by atoms with E-state index in [-0.39, 0.29) is 5.91 Å². The Hall–Kier alpha value is -1.16. The normalized spacial score (nSPS) is 10.8. The predicted molar refractivity (Wildman–Crippen MR) is 96.2 cm³/mol. The Balaban J connectivity index is 1.98. The minimum absolute atomic E-state index is 0.117. The molecule has 5 heteroatoms. The molecule has 22 heavy (non-hydrogen) atoms. The SMILES string of the molecule is CC(C)Sc1ccc(CC(=O)Nc2cccc(Cl)c2Cl)cc1. The predicted octanol–water partition coefficient (Wildman–Crippen LogP) is 5.68. The highest BCUT2D eigenvalue weighted by Gasteiger charge is 2.09. The molecule has 1 N–H and O–H groups in total. The molecule has 0 unspecified atom stereocenters. The molecule has 0 aliphatic carbocycles. The van der Waals surface area contributed by atoms with Crippen molar-refractivity contribution in [2.45, 2.75) is 30.4 Å². The molecule has 0 fully saturated rings. The average Bonchev–Trinajstić information content (AvgIpc) is 2.45. The van der Waals surface area contributed by atoms with E-state index in [0.29, 0.717) is 27.4 Å². The summed E-state index contributed by atoms with van der Waals surface area (Å²) in [5, 5.41) is 4.11. The molecule has 2 aromatic rings. The van der Waals surface area contributed by atoms with Crippen LogP contribution in [0.15, 0.2) is 47.4 Å². The van der Waals surface area contributed by atoms with Crippen molar-refractivity contribution in [2.75, 3.05) is 5.32 Å². The molecule has 0 aliphatic rings. The topological polar surface area (TPSA) is 29.1 Å². The lowest BCUT2D eigenvalue weighted by Gasteiger charge is -2.09. The number of benzene rings is 2. The third-order valence-corrected chi connectivity index (χ3v) is 4.72. The van der Waals surface area contributed by atoms with Crippen molar-refractivity contribution in [3.63, 3.8) is 0 Å². The number of halogens is 2. The standard InChI is InChI=1S/C17H17Cl2NOS/c1-11(2)22-13-8-6-12(7-9-13)10-16(21)20-15-5-3-4-14(18)17(15)19/h3-9,11H,10H2,1-2H3,(H,20,21). The highest BCUT2D eigenvalue weighted by molar-refractivity contribution is 7.99. The molecule has 0 bridgehead atoms. The minimum Gasteiger partial charge on any atom is -0.324 e. The molecule has 0 radical (unpaired) electrons. The number of thioether (sulfide) groups is 1. The van der Waals surface area contributed by atoms with Crippen LogP contribution in [0.25, 0.3) is 0 Å². The van der Waals surface area contributed by atoms with Crippen LogP contribution in [0.2, 0.25) is 10.0 Å². The molecule has 0 aromatic heterocycles. The lowest BCUT2D eigenvalue weighted by Crippen LogP contribution is -2.14. The number of anilines is 1. The summed E-state index contributed by atoms with van der Waals surface area (Å²) in [5.41, 5.74) is 1.50. The van der Waals surface area contributed by atoms with E-state index in [1.165, 1.54) is 4.90 Å². The molecule has 0 saturated carbocycles. The number of rotatable bonds is 5. The van der Waals surface area contributed by atoms with Gasteiger partial charge in [-0.05, 0) is 29.8 Å². The fourth-order valence-corrected chi connectivity index (χ4v) is 3.12. The van der Waals surface area contributed by atoms with Gasteiger partial charge in [-0.3, -0.25) is 4.79 Å². The second-order valence-corrected chi connectivity index (χ2v) is 7.57. The summed E-state index contributed by atoms with van der Waals surface area (Å²) in [4.78, 5) is 13.3. The Kier molecular flexibility index (Phi) is 6.18. The Morgan fingerprint density at radius 2 is 1.82 bits per heavy atom. The largest absolute Gasteiger partial charge is 0.324 e. The van der Waals surface area contributed by atoms with Gasteiger partial charge in [0, 0.05) is 10.1 Å². The lowest BCUT2D eigenvalue weighted by atomic mass is 10.1. The fourth-order valence-electron chi connectivity index (χ4n) is 1.94. The molecule has 0 atom stereocenters. The molecule has 0 aliphatic heterocycles. The van der Waals surface area contributed by atoms with Crippen molar-refractivity contribution < 1.29 is 4.79 Å². The van der Waals surface area contributed by atoms with Crippen molar-refractivity contribution in [3.05, 3.63) is 58.1 Å². The van der Waals surface area contributed by atoms with E-state index in [1.54, 1.807) is 30.0 Å². The summed E-state index contributed by atoms with van der Waals surface area (Å²) in [6.07, 6.45) is 0.301. The van der Waals surface area contributed by atoms with Crippen LogP contribution in [0.3, 0.4) is 0 Å². The van der Waals surface area contributed by atoms with Gasteiger partial charge in [-0.1, -0.05) is 55.2 Å². The highest BCUT2D eigenvalue weighted by Crippen LogP contribution is 2.29. The van der Waals surface area contributed by atoms with Gasteiger partial charge in [0.15, 0.2) is 0 Å². The second kappa shape index (κ2) is 7.91. The van der Waals surface area contributed by atoms with Crippen LogP contribution in [0.1, 0.15) is 19.4 Å². The number of hydrogen-bond donors (Lipinski definition) is 1. The van der Waals surface area contributed by atoms with Crippen LogP contribution in [0.4, 0.5) is 5.69 Å². The van der Waals surface area contributed by atoms with Crippen LogP contribution >= 0.6 is 35.0 Å². The van der Waals surface area contributed by atoms with E-state index < -0.39 is 0 Å². The van der Waals surface area contributed by atoms with E-state index in [1.807, 2.05) is 24.3 Å². The average molecular weight is 354 g/mol. The highest BCUT2D eigenvalue weighted by atomic mass is 35.5. The molecule has 0 saturated heterocycles. The number of hydrogen-bond acceptors (Lipinski definition) is 2. The van der Waals surface area contributed by atoms with Crippen LogP contribution in [-0.4, -0.2) is 11.2 Å². The Labute approximate surface area is 145 Å². The molecule has 2 aromatic carbocycles. The van der Waals surface area contributed by atoms with Gasteiger partial charge in [-0.25, -0.2) is 0 Å². The van der Waals surface area contributed by atoms with E-state index >= 15 is 0 Å². The van der Waals surface area contributed by atoms with Gasteiger partial charge in [0.05, 0.1) is 22.2 Å². The summed E-state index contributed by atoms with van der Waals surface area (Å²) in [6, 6.07) is 13.2. The van der Waals surface area contributed by atoms with Crippen molar-refractivity contribution >= 4 is 46.6 Å². The van der Waals surface area contributed by atoms with Gasteiger partial charge in [0.25, 0.3) is 0 Å². The number of carbonyl (C=O) groups is 1. The Morgan fingerprint density at radius 1 is 1.14 bits per heavy atom. The lowest BCUT2D eigenvalue weighted by molar-refractivity contribution is -0.115. The van der Waals surface area contributed by atoms with Gasteiger partial charge < -0.3 is 5.32 Å². The molecule has 116 valence electrons. The first-order valence-corrected chi connectivity index (χ1v) is 8.58. The first-order valence-electron chi connectivity index (χ1n) is 6.95. The summed E-state index contributed by atoms with van der Waals surface area (Å²) < 4.78 is 0. The van der Waals surface area contributed by atoms with Crippen molar-refractivity contribution in [2.24, 2.45) is 0 Å². The molecule has 2 rings (SSSR count). The van der Waals surface area contributed by atoms with E-state index in [0.717, 1.165) is 5.56 Å². The zero-order chi connectivity index (χ0) is 16.1. The van der Waals surface area contributed by atoms with Gasteiger partial charge in [-0.2, -0.15) is 0 Å². The summed E-state index contributed by atoms with van der Waals surface area (Å²) in [5.74, 6) is -0.117. The maximum Gasteiger partial charge on any atom is 0.228 e. The fraction of sp³-hybridized carbons (Fsp3) is 0.235. The second-order valence-electron chi connectivity index (χ2n) is 5.14. The third kappa shape index (κ3) is 4.94. The van der Waals surface area contributed by atoms with Crippen molar-refractivity contribution in [1.82, 2.24) is 0 Å². The maximum absolute atomic E-state index is 12.1. The summed E-state index contributed by atoms with van der Waals surface area (Å²) in [6.45, 7) is 4.31. The minimum atomic E-state index is -0.117. The Bertz CT molecular complexity index is 656. The Morgan fingerprint density at radius 3 is 2.45 bits per heavy atom. The first-order chi connectivity index (χ1) is 10.5. The van der Waals surface area contributed by atoms with Gasteiger partial charge in [-0.15, -0.1) is 11.8 Å². The van der Waals surface area contributed by atoms with E-state index in [4.69, 9.17) is 23.2 Å². The number of nitrogens with one attached hydrogen (secondary N) is 1. The van der Waals surface area contributed by atoms with Gasteiger partial charge in [0.2, 0.25) is 5.91 Å². The monoisotopic (exact) mass is 353 g/mol. The van der Waals surface area contributed by atoms with Crippen LogP contribution < -0.4 is 5.32 Å². The molecule has 0 heterocycles. The third-order valence-electron chi connectivity index (χ3n) is 2.89. The molecule has 2 nitrogen and oxygen atoms in total. The molecular weight excluding hydrogens is 337 g/mol. The zero-order valence-electron chi connectivity index (χ0n) is 12.4. The van der Waals surface area contributed by atoms with E-state index in [9.17, 15) is 4.79 Å². The van der Waals surface area contributed by atoms with Gasteiger partial charge >= 0.3 is 0 Å². The number of amides is 1. The van der Waals surface area contributed by atoms with Crippen LogP contribution in [0.5, 0.6) is 0 Å². The summed E-state index contributed by atoms with van der Waals surface area (Å²) in [7, 11) is 0. The smallest absolute Gasteiger partial charge is 0.228 e. The molecular formula is C17H17Cl2NOS. The van der Waals surface area contributed by atoms with Crippen molar-refractivity contribution in [1.29, 1.82) is 0 Å². The van der Waals surface area contributed by atoms with Crippen LogP contribution in [0, 0.1) is 0 Å². The van der Waals surface area contributed by atoms with Crippen molar-refractivity contribution in [3.8, 4) is 0 Å². The summed E-state index contributed by atoms with van der Waals surface area (Å²) >= 11 is 13.8. The molecule has 1 amide bonds. The van der Waals surface area contributed by atoms with E-state index in [2.05, 4.69) is 19.2 Å². The molecule has 0 spiro atoms. The number of carbonyl (C=O) groups excluding carboxylic acids is 1. The zero-order valence-corrected chi connectivity index (χ0v) is 14.7. The first kappa shape index (κ1) is 17.2. The quantitative estimate of drug-likeness (QED) is 0.701.